The molecule has 0 saturated carbocycles. The van der Waals surface area contributed by atoms with Crippen molar-refractivity contribution in [2.45, 2.75) is 65.0 Å². The molecule has 2 atom stereocenters. The van der Waals surface area contributed by atoms with Gasteiger partial charge in [0.2, 0.25) is 0 Å². The van der Waals surface area contributed by atoms with E-state index in [0.29, 0.717) is 12.1 Å². The van der Waals surface area contributed by atoms with Crippen LogP contribution in [-0.4, -0.2) is 11.0 Å². The zero-order valence-corrected chi connectivity index (χ0v) is 11.4. The highest BCUT2D eigenvalue weighted by Crippen LogP contribution is 2.29. The Morgan fingerprint density at radius 3 is 2.75 bits per heavy atom. The lowest BCUT2D eigenvalue weighted by atomic mass is 10.0. The fourth-order valence-electron chi connectivity index (χ4n) is 2.17. The Hall–Kier alpha value is -0.410. The molecule has 1 heterocycles. The summed E-state index contributed by atoms with van der Waals surface area (Å²) in [5.74, 6) is 0. The van der Waals surface area contributed by atoms with Gasteiger partial charge in [0.05, 0.1) is 11.7 Å². The van der Waals surface area contributed by atoms with Gasteiger partial charge in [-0.05, 0) is 46.0 Å². The Bertz CT molecular complexity index is 322. The van der Waals surface area contributed by atoms with Gasteiger partial charge in [0.1, 0.15) is 5.01 Å². The number of nitrogens with zero attached hydrogens (tertiary/aromatic N) is 1. The molecule has 3 heteroatoms. The second kappa shape index (κ2) is 5.28. The largest absolute Gasteiger partial charge is 0.306 e. The maximum absolute atomic E-state index is 4.79. The monoisotopic (exact) mass is 238 g/mol. The van der Waals surface area contributed by atoms with Crippen LogP contribution in [0.25, 0.3) is 0 Å². The smallest absolute Gasteiger partial charge is 0.110 e. The Morgan fingerprint density at radius 1 is 1.31 bits per heavy atom. The fraction of sp³-hybridized carbons (Fsp3) is 0.769. The Kier molecular flexibility index (Phi) is 3.98. The van der Waals surface area contributed by atoms with Gasteiger partial charge in [-0.3, -0.25) is 0 Å². The molecule has 2 unspecified atom stereocenters. The normalized spacial score (nSPS) is 19.2. The summed E-state index contributed by atoms with van der Waals surface area (Å²) in [4.78, 5) is 6.33. The topological polar surface area (TPSA) is 24.9 Å². The number of aromatic nitrogens is 1. The quantitative estimate of drug-likeness (QED) is 0.869. The number of nitrogens with one attached hydrogen (secondary N) is 1. The summed E-state index contributed by atoms with van der Waals surface area (Å²) in [6.07, 6.45) is 6.30. The predicted octanol–water partition coefficient (Wildman–Crippen LogP) is 3.47. The first kappa shape index (κ1) is 12.1. The second-order valence-electron chi connectivity index (χ2n) is 4.83. The summed E-state index contributed by atoms with van der Waals surface area (Å²) in [5.41, 5.74) is 1.38. The summed E-state index contributed by atoms with van der Waals surface area (Å²) in [6.45, 7) is 6.69. The van der Waals surface area contributed by atoms with Crippen LogP contribution >= 0.6 is 11.3 Å². The third-order valence-corrected chi connectivity index (χ3v) is 4.72. The van der Waals surface area contributed by atoms with Gasteiger partial charge in [0.25, 0.3) is 0 Å². The molecule has 1 aromatic heterocycles. The molecule has 1 aromatic rings. The molecule has 0 amide bonds. The van der Waals surface area contributed by atoms with Crippen LogP contribution < -0.4 is 5.32 Å². The molecule has 2 nitrogen and oxygen atoms in total. The Balaban J connectivity index is 2.05. The highest BCUT2D eigenvalue weighted by molar-refractivity contribution is 7.11. The van der Waals surface area contributed by atoms with Crippen molar-refractivity contribution >= 4 is 11.3 Å². The SMILES string of the molecule is CCC(C)NC(C)c1nc2c(s1)CCCC2. The maximum Gasteiger partial charge on any atom is 0.110 e. The highest BCUT2D eigenvalue weighted by Gasteiger charge is 2.18. The van der Waals surface area contributed by atoms with Gasteiger partial charge < -0.3 is 5.32 Å². The minimum Gasteiger partial charge on any atom is -0.306 e. The fourth-order valence-corrected chi connectivity index (χ4v) is 3.34. The van der Waals surface area contributed by atoms with Crippen molar-refractivity contribution in [2.24, 2.45) is 0 Å². The number of thiazole rings is 1. The van der Waals surface area contributed by atoms with E-state index in [4.69, 9.17) is 4.98 Å². The van der Waals surface area contributed by atoms with E-state index in [0.717, 1.165) is 0 Å². The summed E-state index contributed by atoms with van der Waals surface area (Å²) in [5, 5.41) is 4.89. The average Bonchev–Trinajstić information content (AvgIpc) is 2.72. The number of hydrogen-bond donors (Lipinski definition) is 1. The van der Waals surface area contributed by atoms with Crippen LogP contribution in [0.2, 0.25) is 0 Å². The first-order valence-corrected chi connectivity index (χ1v) is 7.27. The van der Waals surface area contributed by atoms with E-state index in [1.807, 2.05) is 11.3 Å². The first-order valence-electron chi connectivity index (χ1n) is 6.45. The van der Waals surface area contributed by atoms with E-state index in [1.54, 1.807) is 4.88 Å². The highest BCUT2D eigenvalue weighted by atomic mass is 32.1. The van der Waals surface area contributed by atoms with Crippen molar-refractivity contribution in [3.63, 3.8) is 0 Å². The molecule has 0 fully saturated rings. The average molecular weight is 238 g/mol. The molecule has 16 heavy (non-hydrogen) atoms. The lowest BCUT2D eigenvalue weighted by Gasteiger charge is -2.16. The van der Waals surface area contributed by atoms with Crippen LogP contribution in [0.4, 0.5) is 0 Å². The molecular weight excluding hydrogens is 216 g/mol. The number of fused-ring (bicyclic) bond motifs is 1. The molecule has 0 radical (unpaired) electrons. The molecule has 1 aliphatic carbocycles. The van der Waals surface area contributed by atoms with Crippen LogP contribution in [0.1, 0.15) is 61.7 Å². The molecule has 0 bridgehead atoms. The van der Waals surface area contributed by atoms with E-state index in [9.17, 15) is 0 Å². The van der Waals surface area contributed by atoms with E-state index in [2.05, 4.69) is 26.1 Å². The molecule has 1 aliphatic rings. The van der Waals surface area contributed by atoms with Gasteiger partial charge in [-0.15, -0.1) is 11.3 Å². The van der Waals surface area contributed by atoms with Gasteiger partial charge >= 0.3 is 0 Å². The van der Waals surface area contributed by atoms with Crippen LogP contribution in [0.15, 0.2) is 0 Å². The standard InChI is InChI=1S/C13H22N2S/c1-4-9(2)14-10(3)13-15-11-7-5-6-8-12(11)16-13/h9-10,14H,4-8H2,1-3H3. The van der Waals surface area contributed by atoms with E-state index in [-0.39, 0.29) is 0 Å². The number of aryl methyl sites for hydroxylation is 2. The van der Waals surface area contributed by atoms with Crippen LogP contribution in [0.5, 0.6) is 0 Å². The van der Waals surface area contributed by atoms with Crippen molar-refractivity contribution in [1.29, 1.82) is 0 Å². The van der Waals surface area contributed by atoms with Gasteiger partial charge in [-0.25, -0.2) is 4.98 Å². The summed E-state index contributed by atoms with van der Waals surface area (Å²) in [6, 6.07) is 0.987. The lowest BCUT2D eigenvalue weighted by molar-refractivity contribution is 0.467. The number of hydrogen-bond acceptors (Lipinski definition) is 3. The van der Waals surface area contributed by atoms with Crippen LogP contribution in [-0.2, 0) is 12.8 Å². The van der Waals surface area contributed by atoms with Crippen molar-refractivity contribution in [2.75, 3.05) is 0 Å². The minimum absolute atomic E-state index is 0.408. The zero-order chi connectivity index (χ0) is 11.5. The third-order valence-electron chi connectivity index (χ3n) is 3.38. The van der Waals surface area contributed by atoms with Gasteiger partial charge in [-0.1, -0.05) is 6.92 Å². The second-order valence-corrected chi connectivity index (χ2v) is 5.94. The van der Waals surface area contributed by atoms with Gasteiger partial charge in [0, 0.05) is 10.9 Å². The van der Waals surface area contributed by atoms with Crippen molar-refractivity contribution in [3.05, 3.63) is 15.6 Å². The molecule has 90 valence electrons. The molecule has 0 spiro atoms. The molecule has 0 aromatic carbocycles. The molecule has 2 rings (SSSR count). The maximum atomic E-state index is 4.79. The van der Waals surface area contributed by atoms with Gasteiger partial charge in [-0.2, -0.15) is 0 Å². The predicted molar refractivity (Wildman–Crippen MR) is 70.1 cm³/mol. The summed E-state index contributed by atoms with van der Waals surface area (Å²) in [7, 11) is 0. The zero-order valence-electron chi connectivity index (χ0n) is 10.5. The minimum atomic E-state index is 0.408. The molecule has 1 N–H and O–H groups in total. The van der Waals surface area contributed by atoms with Crippen molar-refractivity contribution in [1.82, 2.24) is 10.3 Å². The molecular formula is C13H22N2S. The van der Waals surface area contributed by atoms with E-state index >= 15 is 0 Å². The van der Waals surface area contributed by atoms with Crippen LogP contribution in [0, 0.1) is 0 Å². The number of rotatable bonds is 4. The van der Waals surface area contributed by atoms with E-state index < -0.39 is 0 Å². The Morgan fingerprint density at radius 2 is 2.06 bits per heavy atom. The molecule has 0 saturated heterocycles. The summed E-state index contributed by atoms with van der Waals surface area (Å²) < 4.78 is 0. The third kappa shape index (κ3) is 2.64. The Labute approximate surface area is 102 Å². The first-order chi connectivity index (χ1) is 7.70. The van der Waals surface area contributed by atoms with Crippen LogP contribution in [0.3, 0.4) is 0 Å². The van der Waals surface area contributed by atoms with Crippen molar-refractivity contribution < 1.29 is 0 Å². The summed E-state index contributed by atoms with van der Waals surface area (Å²) >= 11 is 1.92. The van der Waals surface area contributed by atoms with Gasteiger partial charge in [0.15, 0.2) is 0 Å². The lowest BCUT2D eigenvalue weighted by Crippen LogP contribution is -2.28. The van der Waals surface area contributed by atoms with Crippen molar-refractivity contribution in [3.8, 4) is 0 Å². The van der Waals surface area contributed by atoms with E-state index in [1.165, 1.54) is 42.8 Å². The molecule has 0 aliphatic heterocycles.